The fourth-order valence-electron chi connectivity index (χ4n) is 3.01. The Morgan fingerprint density at radius 2 is 1.91 bits per heavy atom. The Morgan fingerprint density at radius 3 is 2.60 bits per heavy atom. The van der Waals surface area contributed by atoms with E-state index in [2.05, 4.69) is 15.5 Å². The Labute approximate surface area is 213 Å². The van der Waals surface area contributed by atoms with E-state index in [9.17, 15) is 10.1 Å². The van der Waals surface area contributed by atoms with Crippen LogP contribution in [0.4, 0.5) is 5.13 Å². The number of carbonyl (C=O) groups excluding carboxylic acids is 1. The number of anilines is 1. The van der Waals surface area contributed by atoms with Gasteiger partial charge in [0.1, 0.15) is 35.6 Å². The van der Waals surface area contributed by atoms with E-state index in [0.29, 0.717) is 41.8 Å². The summed E-state index contributed by atoms with van der Waals surface area (Å²) in [6.07, 6.45) is 2.14. The quantitative estimate of drug-likeness (QED) is 0.206. The predicted molar refractivity (Wildman–Crippen MR) is 136 cm³/mol. The summed E-state index contributed by atoms with van der Waals surface area (Å²) in [5.74, 6) is 0.961. The highest BCUT2D eigenvalue weighted by atomic mass is 35.5. The predicted octanol–water partition coefficient (Wildman–Crippen LogP) is 5.46. The molecule has 2 aromatic carbocycles. The van der Waals surface area contributed by atoms with E-state index in [1.165, 1.54) is 17.4 Å². The van der Waals surface area contributed by atoms with Gasteiger partial charge in [-0.25, -0.2) is 0 Å². The van der Waals surface area contributed by atoms with Crippen molar-refractivity contribution in [1.82, 2.24) is 10.2 Å². The summed E-state index contributed by atoms with van der Waals surface area (Å²) in [5, 5.41) is 21.4. The van der Waals surface area contributed by atoms with Crippen LogP contribution in [-0.2, 0) is 11.2 Å². The largest absolute Gasteiger partial charge is 0.490 e. The van der Waals surface area contributed by atoms with Crippen molar-refractivity contribution < 1.29 is 19.0 Å². The van der Waals surface area contributed by atoms with Crippen LogP contribution in [0.25, 0.3) is 6.08 Å². The van der Waals surface area contributed by atoms with Crippen LogP contribution in [0.1, 0.15) is 30.0 Å². The summed E-state index contributed by atoms with van der Waals surface area (Å²) in [4.78, 5) is 12.6. The first-order valence-corrected chi connectivity index (χ1v) is 12.2. The number of ether oxygens (including phenoxy) is 3. The molecular formula is C25H25ClN4O4S. The van der Waals surface area contributed by atoms with Gasteiger partial charge in [0, 0.05) is 0 Å². The van der Waals surface area contributed by atoms with Crippen LogP contribution >= 0.6 is 22.9 Å². The van der Waals surface area contributed by atoms with Gasteiger partial charge in [-0.3, -0.25) is 10.1 Å². The van der Waals surface area contributed by atoms with Crippen molar-refractivity contribution in [3.63, 3.8) is 0 Å². The molecule has 0 atom stereocenters. The fourth-order valence-corrected chi connectivity index (χ4v) is 3.96. The smallest absolute Gasteiger partial charge is 0.268 e. The molecule has 0 saturated heterocycles. The number of hydrogen-bond acceptors (Lipinski definition) is 8. The van der Waals surface area contributed by atoms with Crippen LogP contribution in [0.5, 0.6) is 17.2 Å². The fraction of sp³-hybridized carbons (Fsp3) is 0.280. The number of hydrogen-bond donors (Lipinski definition) is 1. The maximum absolute atomic E-state index is 12.6. The van der Waals surface area contributed by atoms with Crippen LogP contribution in [0, 0.1) is 18.3 Å². The highest BCUT2D eigenvalue weighted by Crippen LogP contribution is 2.37. The normalized spacial score (nSPS) is 11.0. The van der Waals surface area contributed by atoms with E-state index in [4.69, 9.17) is 25.8 Å². The molecule has 0 unspecified atom stereocenters. The molecule has 0 fully saturated rings. The molecule has 3 rings (SSSR count). The van der Waals surface area contributed by atoms with Crippen LogP contribution < -0.4 is 19.5 Å². The molecule has 8 nitrogen and oxygen atoms in total. The van der Waals surface area contributed by atoms with E-state index >= 15 is 0 Å². The molecule has 0 radical (unpaired) electrons. The lowest BCUT2D eigenvalue weighted by atomic mass is 10.1. The molecule has 1 amide bonds. The number of aromatic nitrogens is 2. The molecule has 1 aromatic heterocycles. The van der Waals surface area contributed by atoms with E-state index in [1.807, 2.05) is 51.1 Å². The molecule has 10 heteroatoms. The Kier molecular flexibility index (Phi) is 9.47. The van der Waals surface area contributed by atoms with Gasteiger partial charge in [0.05, 0.1) is 11.6 Å². The molecule has 1 N–H and O–H groups in total. The second-order valence-corrected chi connectivity index (χ2v) is 8.67. The van der Waals surface area contributed by atoms with Crippen molar-refractivity contribution in [2.45, 2.75) is 27.2 Å². The zero-order valence-electron chi connectivity index (χ0n) is 19.6. The highest BCUT2D eigenvalue weighted by Gasteiger charge is 2.16. The summed E-state index contributed by atoms with van der Waals surface area (Å²) < 4.78 is 17.3. The van der Waals surface area contributed by atoms with Gasteiger partial charge in [0.2, 0.25) is 5.13 Å². The maximum atomic E-state index is 12.6. The highest BCUT2D eigenvalue weighted by molar-refractivity contribution is 7.15. The average molecular weight is 513 g/mol. The lowest BCUT2D eigenvalue weighted by Gasteiger charge is -2.15. The third-order valence-electron chi connectivity index (χ3n) is 4.68. The first-order chi connectivity index (χ1) is 16.9. The van der Waals surface area contributed by atoms with Crippen molar-refractivity contribution in [3.05, 3.63) is 63.1 Å². The van der Waals surface area contributed by atoms with Gasteiger partial charge in [-0.2, -0.15) is 5.26 Å². The molecule has 0 aliphatic carbocycles. The van der Waals surface area contributed by atoms with Gasteiger partial charge >= 0.3 is 0 Å². The number of benzene rings is 2. The number of amides is 1. The van der Waals surface area contributed by atoms with E-state index in [1.54, 1.807) is 12.1 Å². The summed E-state index contributed by atoms with van der Waals surface area (Å²) in [5.41, 5.74) is 1.43. The van der Waals surface area contributed by atoms with Crippen LogP contribution in [-0.4, -0.2) is 35.9 Å². The lowest BCUT2D eigenvalue weighted by molar-refractivity contribution is -0.112. The Balaban J connectivity index is 1.72. The van der Waals surface area contributed by atoms with Crippen LogP contribution in [0.15, 0.2) is 42.0 Å². The molecule has 0 spiro atoms. The minimum atomic E-state index is -0.589. The third-order valence-corrected chi connectivity index (χ3v) is 5.94. The van der Waals surface area contributed by atoms with Crippen molar-refractivity contribution in [2.75, 3.05) is 25.1 Å². The Hall–Kier alpha value is -3.61. The van der Waals surface area contributed by atoms with Crippen molar-refractivity contribution >= 4 is 40.1 Å². The molecule has 0 aliphatic rings. The summed E-state index contributed by atoms with van der Waals surface area (Å²) in [7, 11) is 0. The zero-order chi connectivity index (χ0) is 25.2. The average Bonchev–Trinajstić information content (AvgIpc) is 3.30. The second kappa shape index (κ2) is 12.7. The summed E-state index contributed by atoms with van der Waals surface area (Å²) >= 11 is 7.73. The van der Waals surface area contributed by atoms with Gasteiger partial charge in [-0.15, -0.1) is 10.2 Å². The first-order valence-electron chi connectivity index (χ1n) is 11.0. The number of rotatable bonds is 11. The third kappa shape index (κ3) is 7.18. The number of aryl methyl sites for hydroxylation is 2. The number of halogens is 1. The van der Waals surface area contributed by atoms with Gasteiger partial charge in [0.25, 0.3) is 5.91 Å². The van der Waals surface area contributed by atoms with Gasteiger partial charge in [-0.05, 0) is 55.7 Å². The molecule has 0 saturated carbocycles. The number of nitrogens with one attached hydrogen (secondary N) is 1. The van der Waals surface area contributed by atoms with E-state index in [-0.39, 0.29) is 17.2 Å². The molecule has 182 valence electrons. The minimum Gasteiger partial charge on any atom is -0.490 e. The van der Waals surface area contributed by atoms with Gasteiger partial charge in [0.15, 0.2) is 11.5 Å². The number of nitriles is 1. The number of carbonyl (C=O) groups is 1. The second-order valence-electron chi connectivity index (χ2n) is 7.20. The Bertz CT molecular complexity index is 1250. The molecular weight excluding hydrogens is 488 g/mol. The molecule has 35 heavy (non-hydrogen) atoms. The van der Waals surface area contributed by atoms with Crippen LogP contribution in [0.3, 0.4) is 0 Å². The van der Waals surface area contributed by atoms with E-state index in [0.717, 1.165) is 16.3 Å². The molecule has 0 aliphatic heterocycles. The minimum absolute atomic E-state index is 0.114. The summed E-state index contributed by atoms with van der Waals surface area (Å²) in [6.45, 7) is 6.69. The monoisotopic (exact) mass is 512 g/mol. The van der Waals surface area contributed by atoms with Crippen LogP contribution in [0.2, 0.25) is 5.02 Å². The maximum Gasteiger partial charge on any atom is 0.268 e. The molecule has 1 heterocycles. The SMILES string of the molecule is CCOc1cc(/C=C(/C#N)C(=O)Nc2nnc(CC)s2)cc(Cl)c1OCCOc1ccccc1C. The molecule has 0 bridgehead atoms. The zero-order valence-corrected chi connectivity index (χ0v) is 21.2. The number of nitrogens with zero attached hydrogens (tertiary/aromatic N) is 3. The standard InChI is InChI=1S/C25H25ClN4O4S/c1-4-22-29-30-25(35-22)28-24(31)18(15-27)12-17-13-19(26)23(21(14-17)32-5-2)34-11-10-33-20-9-7-6-8-16(20)3/h6-9,12-14H,4-5,10-11H2,1-3H3,(H,28,30,31)/b18-12-. The topological polar surface area (TPSA) is 106 Å². The molecule has 3 aromatic rings. The number of para-hydroxylation sites is 1. The summed E-state index contributed by atoms with van der Waals surface area (Å²) in [6, 6.07) is 12.9. The lowest BCUT2D eigenvalue weighted by Crippen LogP contribution is -2.13. The van der Waals surface area contributed by atoms with E-state index < -0.39 is 5.91 Å². The van der Waals surface area contributed by atoms with Crippen molar-refractivity contribution in [2.24, 2.45) is 0 Å². The van der Waals surface area contributed by atoms with Crippen molar-refractivity contribution in [3.8, 4) is 23.3 Å². The Morgan fingerprint density at radius 1 is 1.14 bits per heavy atom. The first kappa shape index (κ1) is 26.0. The van der Waals surface area contributed by atoms with Crippen molar-refractivity contribution in [1.29, 1.82) is 5.26 Å². The van der Waals surface area contributed by atoms with Gasteiger partial charge in [-0.1, -0.05) is 48.1 Å². The van der Waals surface area contributed by atoms with Gasteiger partial charge < -0.3 is 14.2 Å².